The summed E-state index contributed by atoms with van der Waals surface area (Å²) in [6.45, 7) is 0.489. The molecule has 0 amide bonds. The van der Waals surface area contributed by atoms with Crippen LogP contribution in [0.5, 0.6) is 0 Å². The van der Waals surface area contributed by atoms with Gasteiger partial charge in [0.25, 0.3) is 0 Å². The first-order valence-electron chi connectivity index (χ1n) is 8.10. The zero-order valence-electron chi connectivity index (χ0n) is 14.3. The zero-order valence-corrected chi connectivity index (χ0v) is 14.3. The first kappa shape index (κ1) is 17.8. The predicted octanol–water partition coefficient (Wildman–Crippen LogP) is 2.94. The van der Waals surface area contributed by atoms with Crippen LogP contribution < -0.4 is 11.1 Å². The normalized spacial score (nSPS) is 10.0. The van der Waals surface area contributed by atoms with Crippen LogP contribution in [0.3, 0.4) is 0 Å². The van der Waals surface area contributed by atoms with E-state index in [9.17, 15) is 9.59 Å². The summed E-state index contributed by atoms with van der Waals surface area (Å²) in [5.41, 5.74) is 9.70. The minimum Gasteiger partial charge on any atom is -0.383 e. The van der Waals surface area contributed by atoms with Crippen molar-refractivity contribution in [2.24, 2.45) is 0 Å². The summed E-state index contributed by atoms with van der Waals surface area (Å²) in [6, 6.07) is 11.0. The third kappa shape index (κ3) is 3.99. The van der Waals surface area contributed by atoms with E-state index >= 15 is 0 Å². The molecule has 27 heavy (non-hydrogen) atoms. The van der Waals surface area contributed by atoms with E-state index in [1.807, 2.05) is 24.3 Å². The highest BCUT2D eigenvalue weighted by Gasteiger charge is 2.06. The Morgan fingerprint density at radius 2 is 1.74 bits per heavy atom. The number of benzene rings is 1. The number of aldehydes is 2. The lowest BCUT2D eigenvalue weighted by atomic mass is 10.0. The predicted molar refractivity (Wildman–Crippen MR) is 104 cm³/mol. The Morgan fingerprint density at radius 3 is 2.41 bits per heavy atom. The van der Waals surface area contributed by atoms with Crippen molar-refractivity contribution in [1.82, 2.24) is 9.97 Å². The maximum Gasteiger partial charge on any atom is 0.153 e. The van der Waals surface area contributed by atoms with Gasteiger partial charge in [0.1, 0.15) is 11.6 Å². The number of nitrogens with zero attached hydrogens (tertiary/aromatic N) is 2. The number of nitrogens with one attached hydrogen (secondary N) is 1. The van der Waals surface area contributed by atoms with Gasteiger partial charge in [-0.2, -0.15) is 0 Å². The van der Waals surface area contributed by atoms with Gasteiger partial charge < -0.3 is 11.1 Å². The lowest BCUT2D eigenvalue weighted by Gasteiger charge is -2.09. The van der Waals surface area contributed by atoms with Gasteiger partial charge in [0.15, 0.2) is 12.6 Å². The van der Waals surface area contributed by atoms with Gasteiger partial charge in [-0.1, -0.05) is 30.2 Å². The van der Waals surface area contributed by atoms with Crippen LogP contribution >= 0.6 is 0 Å². The van der Waals surface area contributed by atoms with Crippen LogP contribution in [0.15, 0.2) is 48.8 Å². The number of terminal acetylenes is 1. The van der Waals surface area contributed by atoms with E-state index in [0.717, 1.165) is 23.0 Å². The van der Waals surface area contributed by atoms with Gasteiger partial charge in [-0.3, -0.25) is 9.59 Å². The van der Waals surface area contributed by atoms with E-state index in [-0.39, 0.29) is 5.82 Å². The molecule has 2 aromatic heterocycles. The van der Waals surface area contributed by atoms with Crippen molar-refractivity contribution in [3.63, 3.8) is 0 Å². The van der Waals surface area contributed by atoms with Crippen molar-refractivity contribution < 1.29 is 9.59 Å². The third-order valence-electron chi connectivity index (χ3n) is 4.03. The Bertz CT molecular complexity index is 1040. The average Bonchev–Trinajstić information content (AvgIpc) is 2.73. The van der Waals surface area contributed by atoms with E-state index < -0.39 is 0 Å². The Labute approximate surface area is 156 Å². The number of pyridine rings is 2. The maximum atomic E-state index is 11.2. The summed E-state index contributed by atoms with van der Waals surface area (Å²) >= 11 is 0. The van der Waals surface area contributed by atoms with Crippen LogP contribution in [0, 0.1) is 12.3 Å². The standard InChI is InChI=1S/C21H16N4O2/c1-2-14-7-19(13-27)21(24-9-14)25-10-15-3-5-16(6-4-15)17-8-18(12-26)20(22)23-11-17/h1,3-9,11-13H,10H2,(H2,22,23)(H,24,25). The van der Waals surface area contributed by atoms with E-state index in [1.54, 1.807) is 18.3 Å². The van der Waals surface area contributed by atoms with E-state index in [0.29, 0.717) is 35.3 Å². The van der Waals surface area contributed by atoms with E-state index in [1.165, 1.54) is 6.20 Å². The number of hydrogen-bond acceptors (Lipinski definition) is 6. The van der Waals surface area contributed by atoms with Crippen LogP contribution in [0.4, 0.5) is 11.6 Å². The Morgan fingerprint density at radius 1 is 1.00 bits per heavy atom. The Kier molecular flexibility index (Phi) is 5.24. The molecule has 0 saturated carbocycles. The second-order valence-corrected chi connectivity index (χ2v) is 5.79. The summed E-state index contributed by atoms with van der Waals surface area (Å²) in [4.78, 5) is 30.4. The molecule has 0 fully saturated rings. The smallest absolute Gasteiger partial charge is 0.153 e. The third-order valence-corrected chi connectivity index (χ3v) is 4.03. The van der Waals surface area contributed by atoms with Gasteiger partial charge in [-0.05, 0) is 23.3 Å². The number of aromatic nitrogens is 2. The minimum atomic E-state index is 0.212. The number of rotatable bonds is 6. The highest BCUT2D eigenvalue weighted by Crippen LogP contribution is 2.22. The maximum absolute atomic E-state index is 11.2. The van der Waals surface area contributed by atoms with Crippen LogP contribution in [-0.4, -0.2) is 22.5 Å². The van der Waals surface area contributed by atoms with Crippen LogP contribution in [0.25, 0.3) is 11.1 Å². The highest BCUT2D eigenvalue weighted by atomic mass is 16.1. The zero-order chi connectivity index (χ0) is 19.2. The second kappa shape index (κ2) is 7.93. The molecule has 0 aliphatic heterocycles. The summed E-state index contributed by atoms with van der Waals surface area (Å²) in [5.74, 6) is 3.14. The molecule has 0 aliphatic rings. The molecular weight excluding hydrogens is 340 g/mol. The van der Waals surface area contributed by atoms with Gasteiger partial charge in [0.05, 0.1) is 11.1 Å². The summed E-state index contributed by atoms with van der Waals surface area (Å²) in [6.07, 6.45) is 9.89. The number of carbonyl (C=O) groups is 2. The molecule has 132 valence electrons. The lowest BCUT2D eigenvalue weighted by molar-refractivity contribution is 0.111. The fourth-order valence-corrected chi connectivity index (χ4v) is 2.54. The van der Waals surface area contributed by atoms with Gasteiger partial charge in [-0.15, -0.1) is 6.42 Å². The monoisotopic (exact) mass is 356 g/mol. The molecule has 1 aromatic carbocycles. The molecule has 0 radical (unpaired) electrons. The quantitative estimate of drug-likeness (QED) is 0.520. The number of hydrogen-bond donors (Lipinski definition) is 2. The van der Waals surface area contributed by atoms with Crippen molar-refractivity contribution in [1.29, 1.82) is 0 Å². The molecule has 3 aromatic rings. The van der Waals surface area contributed by atoms with E-state index in [4.69, 9.17) is 12.2 Å². The fraction of sp³-hybridized carbons (Fsp3) is 0.0476. The van der Waals surface area contributed by atoms with Gasteiger partial charge >= 0.3 is 0 Å². The fourth-order valence-electron chi connectivity index (χ4n) is 2.54. The van der Waals surface area contributed by atoms with Crippen molar-refractivity contribution in [2.45, 2.75) is 6.54 Å². The summed E-state index contributed by atoms with van der Waals surface area (Å²) in [7, 11) is 0. The number of nitrogen functional groups attached to an aromatic ring is 1. The van der Waals surface area contributed by atoms with Crippen molar-refractivity contribution >= 4 is 24.2 Å². The number of anilines is 2. The largest absolute Gasteiger partial charge is 0.383 e. The van der Waals surface area contributed by atoms with Crippen molar-refractivity contribution in [3.05, 3.63) is 71.0 Å². The summed E-state index contributed by atoms with van der Waals surface area (Å²) in [5, 5.41) is 3.13. The molecule has 0 spiro atoms. The van der Waals surface area contributed by atoms with Gasteiger partial charge in [0.2, 0.25) is 0 Å². The Balaban J connectivity index is 1.74. The molecular formula is C21H16N4O2. The van der Waals surface area contributed by atoms with Crippen LogP contribution in [-0.2, 0) is 6.54 Å². The van der Waals surface area contributed by atoms with Crippen LogP contribution in [0.2, 0.25) is 0 Å². The topological polar surface area (TPSA) is 98.0 Å². The lowest BCUT2D eigenvalue weighted by Crippen LogP contribution is -2.04. The Hall–Kier alpha value is -3.98. The van der Waals surface area contributed by atoms with Crippen molar-refractivity contribution in [2.75, 3.05) is 11.1 Å². The van der Waals surface area contributed by atoms with Crippen molar-refractivity contribution in [3.8, 4) is 23.5 Å². The van der Waals surface area contributed by atoms with Gasteiger partial charge in [-0.25, -0.2) is 9.97 Å². The first-order chi connectivity index (χ1) is 13.1. The molecule has 0 bridgehead atoms. The molecule has 6 heteroatoms. The van der Waals surface area contributed by atoms with E-state index in [2.05, 4.69) is 21.2 Å². The molecule has 3 N–H and O–H groups in total. The number of carbonyl (C=O) groups excluding carboxylic acids is 2. The SMILES string of the molecule is C#Cc1cnc(NCc2ccc(-c3cnc(N)c(C=O)c3)cc2)c(C=O)c1. The average molecular weight is 356 g/mol. The first-order valence-corrected chi connectivity index (χ1v) is 8.10. The molecule has 3 rings (SSSR count). The van der Waals surface area contributed by atoms with Gasteiger partial charge in [0, 0.05) is 30.1 Å². The molecule has 6 nitrogen and oxygen atoms in total. The number of nitrogens with two attached hydrogens (primary N) is 1. The molecule has 0 saturated heterocycles. The minimum absolute atomic E-state index is 0.212. The molecule has 0 atom stereocenters. The highest BCUT2D eigenvalue weighted by molar-refractivity contribution is 5.84. The molecule has 2 heterocycles. The second-order valence-electron chi connectivity index (χ2n) is 5.79. The summed E-state index contributed by atoms with van der Waals surface area (Å²) < 4.78 is 0. The van der Waals surface area contributed by atoms with Crippen LogP contribution in [0.1, 0.15) is 31.8 Å². The molecule has 0 unspecified atom stereocenters. The molecule has 0 aliphatic carbocycles.